The fraction of sp³-hybridized carbons (Fsp3) is 0.200. The predicted octanol–water partition coefficient (Wildman–Crippen LogP) is 4.24. The summed E-state index contributed by atoms with van der Waals surface area (Å²) in [6, 6.07) is 13.8. The lowest BCUT2D eigenvalue weighted by molar-refractivity contribution is 0.0697. The highest BCUT2D eigenvalue weighted by Gasteiger charge is 2.09. The van der Waals surface area contributed by atoms with Crippen LogP contribution in [0.1, 0.15) is 35.3 Å². The number of rotatable bonds is 6. The van der Waals surface area contributed by atoms with Crippen molar-refractivity contribution in [2.45, 2.75) is 20.0 Å². The second-order valence-electron chi connectivity index (χ2n) is 5.63. The highest BCUT2D eigenvalue weighted by Crippen LogP contribution is 2.30. The van der Waals surface area contributed by atoms with Crippen LogP contribution >= 0.6 is 0 Å². The highest BCUT2D eigenvalue weighted by molar-refractivity contribution is 5.92. The second kappa shape index (κ2) is 8.02. The van der Waals surface area contributed by atoms with Gasteiger partial charge < -0.3 is 14.6 Å². The molecular formula is C20H19NO4. The fourth-order valence-corrected chi connectivity index (χ4v) is 2.26. The van der Waals surface area contributed by atoms with E-state index in [1.807, 2.05) is 19.9 Å². The largest absolute Gasteiger partial charge is 0.493 e. The van der Waals surface area contributed by atoms with E-state index in [2.05, 4.69) is 6.07 Å². The Bertz CT molecular complexity index is 830. The third kappa shape index (κ3) is 4.61. The molecule has 2 aromatic carbocycles. The van der Waals surface area contributed by atoms with Crippen LogP contribution in [-0.4, -0.2) is 24.3 Å². The third-order valence-corrected chi connectivity index (χ3v) is 3.42. The Hall–Kier alpha value is -3.26. The van der Waals surface area contributed by atoms with Crippen molar-refractivity contribution in [2.75, 3.05) is 7.11 Å². The standard InChI is InChI=1S/C20H19NO4/c1-13(2)25-18-9-4-14(11-19(18)24-3)10-17(12-21)15-5-7-16(8-6-15)20(22)23/h4-11,13H,1-3H3,(H,22,23)/b17-10-. The molecule has 0 atom stereocenters. The molecule has 25 heavy (non-hydrogen) atoms. The number of hydrogen-bond donors (Lipinski definition) is 1. The Balaban J connectivity index is 2.36. The highest BCUT2D eigenvalue weighted by atomic mass is 16.5. The van der Waals surface area contributed by atoms with Crippen molar-refractivity contribution >= 4 is 17.6 Å². The molecule has 2 aromatic rings. The van der Waals surface area contributed by atoms with E-state index in [0.717, 1.165) is 5.56 Å². The Morgan fingerprint density at radius 2 is 1.76 bits per heavy atom. The molecule has 0 amide bonds. The van der Waals surface area contributed by atoms with Gasteiger partial charge in [-0.05, 0) is 55.3 Å². The van der Waals surface area contributed by atoms with Gasteiger partial charge in [-0.3, -0.25) is 0 Å². The molecule has 0 fully saturated rings. The molecule has 2 rings (SSSR count). The summed E-state index contributed by atoms with van der Waals surface area (Å²) >= 11 is 0. The van der Waals surface area contributed by atoms with Crippen molar-refractivity contribution in [3.63, 3.8) is 0 Å². The van der Waals surface area contributed by atoms with Gasteiger partial charge in [-0.2, -0.15) is 5.26 Å². The molecule has 1 N–H and O–H groups in total. The van der Waals surface area contributed by atoms with Crippen LogP contribution in [0.3, 0.4) is 0 Å². The van der Waals surface area contributed by atoms with E-state index in [1.165, 1.54) is 12.1 Å². The molecule has 128 valence electrons. The van der Waals surface area contributed by atoms with E-state index >= 15 is 0 Å². The Morgan fingerprint density at radius 3 is 2.28 bits per heavy atom. The number of hydrogen-bond acceptors (Lipinski definition) is 4. The molecule has 5 heteroatoms. The first-order valence-electron chi connectivity index (χ1n) is 7.74. The number of allylic oxidation sites excluding steroid dienone is 1. The minimum Gasteiger partial charge on any atom is -0.493 e. The summed E-state index contributed by atoms with van der Waals surface area (Å²) in [5.74, 6) is 0.222. The maximum atomic E-state index is 10.9. The molecule has 0 saturated heterocycles. The smallest absolute Gasteiger partial charge is 0.335 e. The summed E-state index contributed by atoms with van der Waals surface area (Å²) in [6.07, 6.45) is 1.75. The zero-order valence-corrected chi connectivity index (χ0v) is 14.3. The van der Waals surface area contributed by atoms with E-state index in [9.17, 15) is 10.1 Å². The van der Waals surface area contributed by atoms with E-state index in [0.29, 0.717) is 22.6 Å². The van der Waals surface area contributed by atoms with Crippen molar-refractivity contribution < 1.29 is 19.4 Å². The summed E-state index contributed by atoms with van der Waals surface area (Å²) in [7, 11) is 1.56. The zero-order valence-electron chi connectivity index (χ0n) is 14.3. The quantitative estimate of drug-likeness (QED) is 0.630. The van der Waals surface area contributed by atoms with E-state index in [1.54, 1.807) is 37.5 Å². The van der Waals surface area contributed by atoms with Gasteiger partial charge in [0.25, 0.3) is 0 Å². The number of carboxylic acids is 1. The molecule has 0 radical (unpaired) electrons. The lowest BCUT2D eigenvalue weighted by Crippen LogP contribution is -2.06. The Labute approximate surface area is 146 Å². The molecule has 5 nitrogen and oxygen atoms in total. The van der Waals surface area contributed by atoms with Crippen molar-refractivity contribution in [3.05, 3.63) is 59.2 Å². The first kappa shape index (κ1) is 18.1. The Morgan fingerprint density at radius 1 is 1.12 bits per heavy atom. The lowest BCUT2D eigenvalue weighted by atomic mass is 10.0. The number of methoxy groups -OCH3 is 1. The van der Waals surface area contributed by atoms with Crippen LogP contribution in [0.25, 0.3) is 11.6 Å². The number of benzene rings is 2. The summed E-state index contributed by atoms with van der Waals surface area (Å²) in [6.45, 7) is 3.86. The van der Waals surface area contributed by atoms with Gasteiger partial charge in [0.15, 0.2) is 11.5 Å². The van der Waals surface area contributed by atoms with Gasteiger partial charge in [0.1, 0.15) is 0 Å². The fourth-order valence-electron chi connectivity index (χ4n) is 2.26. The number of carboxylic acid groups (broad SMARTS) is 1. The zero-order chi connectivity index (χ0) is 18.4. The molecule has 0 saturated carbocycles. The second-order valence-corrected chi connectivity index (χ2v) is 5.63. The molecule has 0 aliphatic carbocycles. The number of nitrogens with zero attached hydrogens (tertiary/aromatic N) is 1. The molecule has 0 aliphatic rings. The van der Waals surface area contributed by atoms with Crippen LogP contribution < -0.4 is 9.47 Å². The molecule has 0 bridgehead atoms. The van der Waals surface area contributed by atoms with Gasteiger partial charge in [0, 0.05) is 0 Å². The van der Waals surface area contributed by atoms with Crippen LogP contribution in [0.2, 0.25) is 0 Å². The van der Waals surface area contributed by atoms with Crippen molar-refractivity contribution in [1.29, 1.82) is 5.26 Å². The minimum atomic E-state index is -1.00. The molecule has 0 spiro atoms. The monoisotopic (exact) mass is 337 g/mol. The average Bonchev–Trinajstić information content (AvgIpc) is 2.60. The first-order valence-corrected chi connectivity index (χ1v) is 7.74. The van der Waals surface area contributed by atoms with Crippen LogP contribution in [0.15, 0.2) is 42.5 Å². The van der Waals surface area contributed by atoms with Crippen LogP contribution in [0.5, 0.6) is 11.5 Å². The topological polar surface area (TPSA) is 79.5 Å². The normalized spacial score (nSPS) is 11.1. The lowest BCUT2D eigenvalue weighted by Gasteiger charge is -2.14. The van der Waals surface area contributed by atoms with Gasteiger partial charge in [-0.15, -0.1) is 0 Å². The summed E-state index contributed by atoms with van der Waals surface area (Å²) in [4.78, 5) is 10.9. The maximum Gasteiger partial charge on any atom is 0.335 e. The van der Waals surface area contributed by atoms with Crippen molar-refractivity contribution in [2.24, 2.45) is 0 Å². The van der Waals surface area contributed by atoms with Gasteiger partial charge in [0.2, 0.25) is 0 Å². The summed E-state index contributed by atoms with van der Waals surface area (Å²) in [5.41, 5.74) is 2.04. The van der Waals surface area contributed by atoms with Crippen molar-refractivity contribution in [3.8, 4) is 17.6 Å². The molecule has 0 heterocycles. The predicted molar refractivity (Wildman–Crippen MR) is 95.6 cm³/mol. The van der Waals surface area contributed by atoms with E-state index in [-0.39, 0.29) is 11.7 Å². The molecular weight excluding hydrogens is 318 g/mol. The number of carbonyl (C=O) groups is 1. The van der Waals surface area contributed by atoms with Gasteiger partial charge in [-0.25, -0.2) is 4.79 Å². The van der Waals surface area contributed by atoms with Crippen LogP contribution in [0, 0.1) is 11.3 Å². The van der Waals surface area contributed by atoms with Crippen LogP contribution in [0.4, 0.5) is 0 Å². The number of nitriles is 1. The molecule has 0 unspecified atom stereocenters. The SMILES string of the molecule is COc1cc(/C=C(/C#N)c2ccc(C(=O)O)cc2)ccc1OC(C)C. The number of ether oxygens (including phenoxy) is 2. The first-order chi connectivity index (χ1) is 11.9. The number of aromatic carboxylic acids is 1. The summed E-state index contributed by atoms with van der Waals surface area (Å²) in [5, 5.41) is 18.4. The van der Waals surface area contributed by atoms with Gasteiger partial charge >= 0.3 is 5.97 Å². The third-order valence-electron chi connectivity index (χ3n) is 3.42. The summed E-state index contributed by atoms with van der Waals surface area (Å²) < 4.78 is 11.0. The van der Waals surface area contributed by atoms with Crippen molar-refractivity contribution in [1.82, 2.24) is 0 Å². The maximum absolute atomic E-state index is 10.9. The van der Waals surface area contributed by atoms with E-state index in [4.69, 9.17) is 14.6 Å². The van der Waals surface area contributed by atoms with Crippen LogP contribution in [-0.2, 0) is 0 Å². The van der Waals surface area contributed by atoms with E-state index < -0.39 is 5.97 Å². The molecule has 0 aromatic heterocycles. The van der Waals surface area contributed by atoms with Gasteiger partial charge in [0.05, 0.1) is 30.4 Å². The minimum absolute atomic E-state index is 0.0257. The van der Waals surface area contributed by atoms with Gasteiger partial charge in [-0.1, -0.05) is 18.2 Å². The Kier molecular flexibility index (Phi) is 5.80. The average molecular weight is 337 g/mol. The molecule has 0 aliphatic heterocycles.